The Bertz CT molecular complexity index is 1560. The molecular formula is C30H31N5O. The molecule has 0 saturated heterocycles. The Morgan fingerprint density at radius 3 is 2.25 bits per heavy atom. The second-order valence-corrected chi connectivity index (χ2v) is 11.2. The molecule has 182 valence electrons. The van der Waals surface area contributed by atoms with E-state index in [4.69, 9.17) is 4.98 Å². The van der Waals surface area contributed by atoms with Gasteiger partial charge in [-0.2, -0.15) is 4.68 Å². The van der Waals surface area contributed by atoms with Gasteiger partial charge >= 0.3 is 0 Å². The number of hydrogen-bond donors (Lipinski definition) is 1. The molecule has 0 unspecified atom stereocenters. The molecule has 5 rings (SSSR count). The summed E-state index contributed by atoms with van der Waals surface area (Å²) < 4.78 is 1.74. The zero-order chi connectivity index (χ0) is 25.7. The maximum absolute atomic E-state index is 11.3. The molecule has 0 aliphatic heterocycles. The standard InChI is InChI=1S/C30H31N5O/c1-29(2,3)20-17-21(28(36)22(18-20)30(4,5)6)24-11-9-12-27(32-24)35-26-16-19(13-14-25(26)33-34-35)23-10-7-8-15-31-23/h7-18,36H,1-6H3. The SMILES string of the molecule is CC(C)(C)c1cc(-c2cccc(-n3nnc4ccc(-c5ccccn5)cc43)n2)c(O)c(C(C)(C)C)c1. The molecule has 2 aromatic carbocycles. The first-order valence-corrected chi connectivity index (χ1v) is 12.1. The van der Waals surface area contributed by atoms with E-state index in [1.54, 1.807) is 10.9 Å². The highest BCUT2D eigenvalue weighted by Gasteiger charge is 2.26. The smallest absolute Gasteiger partial charge is 0.156 e. The number of benzene rings is 2. The number of phenolic OH excluding ortho intramolecular Hbond substituents is 1. The molecule has 6 heteroatoms. The summed E-state index contributed by atoms with van der Waals surface area (Å²) in [7, 11) is 0. The molecule has 0 saturated carbocycles. The first-order valence-electron chi connectivity index (χ1n) is 12.1. The van der Waals surface area contributed by atoms with Crippen molar-refractivity contribution in [2.24, 2.45) is 0 Å². The Labute approximate surface area is 211 Å². The summed E-state index contributed by atoms with van der Waals surface area (Å²) in [5.74, 6) is 0.895. The van der Waals surface area contributed by atoms with Gasteiger partial charge in [0.25, 0.3) is 0 Å². The summed E-state index contributed by atoms with van der Waals surface area (Å²) in [5, 5.41) is 20.1. The van der Waals surface area contributed by atoms with E-state index in [9.17, 15) is 5.11 Å². The van der Waals surface area contributed by atoms with Crippen LogP contribution in [0.2, 0.25) is 0 Å². The fourth-order valence-electron chi connectivity index (χ4n) is 4.31. The Kier molecular flexibility index (Phi) is 5.62. The fraction of sp³-hybridized carbons (Fsp3) is 0.267. The number of aromatic hydroxyl groups is 1. The lowest BCUT2D eigenvalue weighted by Crippen LogP contribution is -2.17. The molecule has 0 aliphatic carbocycles. The Hall–Kier alpha value is -4.06. The molecule has 0 spiro atoms. The van der Waals surface area contributed by atoms with Gasteiger partial charge in [0.1, 0.15) is 11.3 Å². The van der Waals surface area contributed by atoms with Gasteiger partial charge in [-0.05, 0) is 58.9 Å². The maximum Gasteiger partial charge on any atom is 0.156 e. The average molecular weight is 478 g/mol. The van der Waals surface area contributed by atoms with Gasteiger partial charge in [-0.1, -0.05) is 71.0 Å². The number of rotatable bonds is 3. The third-order valence-electron chi connectivity index (χ3n) is 6.42. The van der Waals surface area contributed by atoms with Crippen LogP contribution in [0, 0.1) is 0 Å². The molecule has 5 aromatic rings. The second kappa shape index (κ2) is 8.55. The van der Waals surface area contributed by atoms with Crippen LogP contribution in [0.4, 0.5) is 0 Å². The number of pyridine rings is 2. The normalized spacial score (nSPS) is 12.3. The van der Waals surface area contributed by atoms with E-state index in [-0.39, 0.29) is 16.6 Å². The van der Waals surface area contributed by atoms with E-state index in [2.05, 4.69) is 69.0 Å². The van der Waals surface area contributed by atoms with Gasteiger partial charge in [-0.3, -0.25) is 4.98 Å². The minimum atomic E-state index is -0.221. The Morgan fingerprint density at radius 2 is 1.56 bits per heavy atom. The minimum absolute atomic E-state index is 0.0793. The minimum Gasteiger partial charge on any atom is -0.507 e. The van der Waals surface area contributed by atoms with Gasteiger partial charge in [-0.15, -0.1) is 5.10 Å². The largest absolute Gasteiger partial charge is 0.507 e. The summed E-state index contributed by atoms with van der Waals surface area (Å²) in [6, 6.07) is 21.8. The summed E-state index contributed by atoms with van der Waals surface area (Å²) in [6.45, 7) is 12.9. The Balaban J connectivity index is 1.66. The van der Waals surface area contributed by atoms with Crippen LogP contribution in [0.25, 0.3) is 39.4 Å². The lowest BCUT2D eigenvalue weighted by atomic mass is 9.78. The average Bonchev–Trinajstić information content (AvgIpc) is 3.27. The van der Waals surface area contributed by atoms with Crippen molar-refractivity contribution in [2.75, 3.05) is 0 Å². The lowest BCUT2D eigenvalue weighted by Gasteiger charge is -2.27. The van der Waals surface area contributed by atoms with Crippen LogP contribution < -0.4 is 0 Å². The van der Waals surface area contributed by atoms with Crippen LogP contribution in [0.3, 0.4) is 0 Å². The van der Waals surface area contributed by atoms with Crippen molar-refractivity contribution < 1.29 is 5.11 Å². The summed E-state index contributed by atoms with van der Waals surface area (Å²) in [6.07, 6.45) is 1.78. The van der Waals surface area contributed by atoms with Crippen molar-refractivity contribution in [3.05, 3.63) is 84.1 Å². The van der Waals surface area contributed by atoms with Crippen molar-refractivity contribution in [1.29, 1.82) is 0 Å². The molecular weight excluding hydrogens is 446 g/mol. The van der Waals surface area contributed by atoms with Gasteiger partial charge in [0.15, 0.2) is 5.82 Å². The zero-order valence-electron chi connectivity index (χ0n) is 21.6. The quantitative estimate of drug-likeness (QED) is 0.308. The van der Waals surface area contributed by atoms with E-state index in [0.717, 1.165) is 33.4 Å². The van der Waals surface area contributed by atoms with E-state index in [0.29, 0.717) is 17.1 Å². The van der Waals surface area contributed by atoms with Gasteiger partial charge in [0, 0.05) is 22.9 Å². The van der Waals surface area contributed by atoms with E-state index >= 15 is 0 Å². The van der Waals surface area contributed by atoms with Crippen LogP contribution in [-0.2, 0) is 10.8 Å². The van der Waals surface area contributed by atoms with Crippen LogP contribution in [0.1, 0.15) is 52.7 Å². The van der Waals surface area contributed by atoms with Gasteiger partial charge in [0.2, 0.25) is 0 Å². The molecule has 0 amide bonds. The molecule has 3 aromatic heterocycles. The number of fused-ring (bicyclic) bond motifs is 1. The van der Waals surface area contributed by atoms with Crippen molar-refractivity contribution in [3.63, 3.8) is 0 Å². The number of phenols is 1. The molecule has 36 heavy (non-hydrogen) atoms. The molecule has 0 radical (unpaired) electrons. The van der Waals surface area contributed by atoms with Crippen molar-refractivity contribution >= 4 is 11.0 Å². The molecule has 0 bridgehead atoms. The van der Waals surface area contributed by atoms with Gasteiger partial charge < -0.3 is 5.11 Å². The van der Waals surface area contributed by atoms with E-state index in [1.807, 2.05) is 54.6 Å². The highest BCUT2D eigenvalue weighted by Crippen LogP contribution is 2.41. The van der Waals surface area contributed by atoms with Crippen LogP contribution in [-0.4, -0.2) is 30.1 Å². The molecule has 1 N–H and O–H groups in total. The van der Waals surface area contributed by atoms with Crippen LogP contribution in [0.5, 0.6) is 5.75 Å². The molecule has 0 atom stereocenters. The predicted molar refractivity (Wildman–Crippen MR) is 144 cm³/mol. The van der Waals surface area contributed by atoms with Crippen molar-refractivity contribution in [2.45, 2.75) is 52.4 Å². The van der Waals surface area contributed by atoms with Crippen molar-refractivity contribution in [3.8, 4) is 34.1 Å². The number of hydrogen-bond acceptors (Lipinski definition) is 5. The highest BCUT2D eigenvalue weighted by atomic mass is 16.3. The molecule has 6 nitrogen and oxygen atoms in total. The van der Waals surface area contributed by atoms with Crippen molar-refractivity contribution in [1.82, 2.24) is 25.0 Å². The van der Waals surface area contributed by atoms with E-state index < -0.39 is 0 Å². The Morgan fingerprint density at radius 1 is 0.778 bits per heavy atom. The second-order valence-electron chi connectivity index (χ2n) is 11.2. The summed E-state index contributed by atoms with van der Waals surface area (Å²) >= 11 is 0. The van der Waals surface area contributed by atoms with Crippen LogP contribution in [0.15, 0.2) is 72.9 Å². The van der Waals surface area contributed by atoms with Gasteiger partial charge in [-0.25, -0.2) is 4.98 Å². The molecule has 0 fully saturated rings. The number of aromatic nitrogens is 5. The fourth-order valence-corrected chi connectivity index (χ4v) is 4.31. The summed E-state index contributed by atoms with van der Waals surface area (Å²) in [5.41, 5.74) is 6.63. The van der Waals surface area contributed by atoms with Crippen LogP contribution >= 0.6 is 0 Å². The maximum atomic E-state index is 11.3. The zero-order valence-corrected chi connectivity index (χ0v) is 21.6. The predicted octanol–water partition coefficient (Wildman–Crippen LogP) is 6.85. The third kappa shape index (κ3) is 4.35. The van der Waals surface area contributed by atoms with Gasteiger partial charge in [0.05, 0.1) is 16.9 Å². The number of nitrogens with zero attached hydrogens (tertiary/aromatic N) is 5. The highest BCUT2D eigenvalue weighted by molar-refractivity contribution is 5.82. The third-order valence-corrected chi connectivity index (χ3v) is 6.42. The topological polar surface area (TPSA) is 76.7 Å². The first kappa shape index (κ1) is 23.7. The van der Waals surface area contributed by atoms with E-state index in [1.165, 1.54) is 0 Å². The first-order chi connectivity index (χ1) is 17.0. The monoisotopic (exact) mass is 477 g/mol. The molecule has 0 aliphatic rings. The summed E-state index contributed by atoms with van der Waals surface area (Å²) in [4.78, 5) is 9.40. The molecule has 3 heterocycles. The lowest BCUT2D eigenvalue weighted by molar-refractivity contribution is 0.446.